The van der Waals surface area contributed by atoms with Crippen molar-refractivity contribution in [2.24, 2.45) is 10.7 Å². The van der Waals surface area contributed by atoms with E-state index in [2.05, 4.69) is 25.6 Å². The number of anilines is 1. The molecule has 1 heterocycles. The van der Waals surface area contributed by atoms with Crippen LogP contribution in [0.1, 0.15) is 37.0 Å². The quantitative estimate of drug-likeness (QED) is 0.527. The van der Waals surface area contributed by atoms with Crippen molar-refractivity contribution in [2.75, 3.05) is 11.9 Å². The second kappa shape index (κ2) is 11.5. The van der Waals surface area contributed by atoms with Crippen LogP contribution in [0.5, 0.6) is 0 Å². The topological polar surface area (TPSA) is 129 Å². The molecule has 0 saturated heterocycles. The van der Waals surface area contributed by atoms with Gasteiger partial charge < -0.3 is 16.4 Å². The van der Waals surface area contributed by atoms with Crippen LogP contribution in [0.15, 0.2) is 47.4 Å². The van der Waals surface area contributed by atoms with Crippen LogP contribution in [0.3, 0.4) is 0 Å². The number of halogens is 1. The SMILES string of the molecule is CCCN=CC(=CN)Nc1ncc(Cl)c(-c2ccc(C(=O)N[C@H](C#N)CC)cc2)n1. The Morgan fingerprint density at radius 2 is 2.10 bits per heavy atom. The number of aliphatic imine (C=N–C) groups is 1. The first-order valence-corrected chi connectivity index (χ1v) is 9.92. The first kappa shape index (κ1) is 22.8. The van der Waals surface area contributed by atoms with Crippen molar-refractivity contribution in [3.8, 4) is 17.3 Å². The number of nitriles is 1. The number of hydrogen-bond acceptors (Lipinski definition) is 7. The fraction of sp³-hybridized carbons (Fsp3) is 0.286. The molecule has 0 radical (unpaired) electrons. The second-order valence-corrected chi connectivity index (χ2v) is 6.72. The van der Waals surface area contributed by atoms with E-state index >= 15 is 0 Å². The van der Waals surface area contributed by atoms with Crippen LogP contribution in [0.2, 0.25) is 5.02 Å². The van der Waals surface area contributed by atoms with Crippen LogP contribution >= 0.6 is 11.6 Å². The third-order valence-corrected chi connectivity index (χ3v) is 4.33. The highest BCUT2D eigenvalue weighted by atomic mass is 35.5. The fourth-order valence-electron chi connectivity index (χ4n) is 2.41. The molecular formula is C21H24ClN7O. The molecule has 0 aliphatic carbocycles. The molecule has 0 bridgehead atoms. The molecule has 1 atom stereocenters. The first-order chi connectivity index (χ1) is 14.5. The van der Waals surface area contributed by atoms with Gasteiger partial charge in [-0.05, 0) is 25.0 Å². The number of amides is 1. The van der Waals surface area contributed by atoms with Crippen LogP contribution in [-0.2, 0) is 0 Å². The van der Waals surface area contributed by atoms with Crippen molar-refractivity contribution in [2.45, 2.75) is 32.7 Å². The van der Waals surface area contributed by atoms with Crippen molar-refractivity contribution in [3.05, 3.63) is 52.9 Å². The van der Waals surface area contributed by atoms with Gasteiger partial charge in [0.25, 0.3) is 5.91 Å². The zero-order valence-corrected chi connectivity index (χ0v) is 17.6. The van der Waals surface area contributed by atoms with E-state index in [1.807, 2.05) is 19.9 Å². The Morgan fingerprint density at radius 3 is 2.70 bits per heavy atom. The predicted octanol–water partition coefficient (Wildman–Crippen LogP) is 3.52. The van der Waals surface area contributed by atoms with E-state index in [1.54, 1.807) is 30.5 Å². The van der Waals surface area contributed by atoms with Crippen molar-refractivity contribution in [1.82, 2.24) is 15.3 Å². The molecule has 156 valence electrons. The Labute approximate surface area is 180 Å². The van der Waals surface area contributed by atoms with Gasteiger partial charge in [-0.15, -0.1) is 0 Å². The molecule has 1 amide bonds. The monoisotopic (exact) mass is 425 g/mol. The molecule has 8 nitrogen and oxygen atoms in total. The lowest BCUT2D eigenvalue weighted by Crippen LogP contribution is -2.33. The molecule has 0 unspecified atom stereocenters. The zero-order valence-electron chi connectivity index (χ0n) is 16.9. The first-order valence-electron chi connectivity index (χ1n) is 9.54. The van der Waals surface area contributed by atoms with Crippen molar-refractivity contribution in [3.63, 3.8) is 0 Å². The minimum atomic E-state index is -0.521. The Morgan fingerprint density at radius 1 is 1.37 bits per heavy atom. The summed E-state index contributed by atoms with van der Waals surface area (Å²) in [7, 11) is 0. The van der Waals surface area contributed by atoms with Gasteiger partial charge >= 0.3 is 0 Å². The highest BCUT2D eigenvalue weighted by molar-refractivity contribution is 6.32. The Kier molecular flexibility index (Phi) is 8.78. The molecule has 0 fully saturated rings. The van der Waals surface area contributed by atoms with Crippen LogP contribution in [0, 0.1) is 11.3 Å². The van der Waals surface area contributed by atoms with E-state index in [9.17, 15) is 4.79 Å². The Bertz CT molecular complexity index is 964. The van der Waals surface area contributed by atoms with E-state index in [1.165, 1.54) is 12.4 Å². The minimum absolute atomic E-state index is 0.310. The zero-order chi connectivity index (χ0) is 21.9. The van der Waals surface area contributed by atoms with Gasteiger partial charge in [0.2, 0.25) is 5.95 Å². The van der Waals surface area contributed by atoms with Gasteiger partial charge in [-0.1, -0.05) is 37.6 Å². The van der Waals surface area contributed by atoms with Crippen LogP contribution in [0.4, 0.5) is 5.95 Å². The summed E-state index contributed by atoms with van der Waals surface area (Å²) in [6.45, 7) is 4.56. The van der Waals surface area contributed by atoms with Crippen molar-refractivity contribution >= 4 is 29.7 Å². The molecular weight excluding hydrogens is 402 g/mol. The number of nitrogens with one attached hydrogen (secondary N) is 2. The maximum atomic E-state index is 12.2. The number of rotatable bonds is 9. The van der Waals surface area contributed by atoms with E-state index in [0.717, 1.165) is 6.42 Å². The maximum Gasteiger partial charge on any atom is 0.252 e. The number of carbonyl (C=O) groups excluding carboxylic acids is 1. The van der Waals surface area contributed by atoms with Gasteiger partial charge in [-0.2, -0.15) is 5.26 Å². The fourth-order valence-corrected chi connectivity index (χ4v) is 2.61. The maximum absolute atomic E-state index is 12.2. The highest BCUT2D eigenvalue weighted by Crippen LogP contribution is 2.26. The van der Waals surface area contributed by atoms with Crippen LogP contribution in [-0.4, -0.2) is 34.7 Å². The summed E-state index contributed by atoms with van der Waals surface area (Å²) in [5.74, 6) is 0.00542. The molecule has 0 aliphatic rings. The van der Waals surface area contributed by atoms with Crippen molar-refractivity contribution in [1.29, 1.82) is 5.26 Å². The van der Waals surface area contributed by atoms with E-state index in [0.29, 0.717) is 46.5 Å². The third kappa shape index (κ3) is 6.29. The summed E-state index contributed by atoms with van der Waals surface area (Å²) in [6, 6.07) is 8.31. The lowest BCUT2D eigenvalue weighted by atomic mass is 10.1. The van der Waals surface area contributed by atoms with Gasteiger partial charge in [0, 0.05) is 30.1 Å². The summed E-state index contributed by atoms with van der Waals surface area (Å²) in [4.78, 5) is 25.1. The van der Waals surface area contributed by atoms with Crippen LogP contribution in [0.25, 0.3) is 11.3 Å². The lowest BCUT2D eigenvalue weighted by Gasteiger charge is -2.11. The van der Waals surface area contributed by atoms with Gasteiger partial charge in [-0.25, -0.2) is 9.97 Å². The van der Waals surface area contributed by atoms with Gasteiger partial charge in [0.15, 0.2) is 0 Å². The number of nitrogens with zero attached hydrogens (tertiary/aromatic N) is 4. The molecule has 0 aliphatic heterocycles. The van der Waals surface area contributed by atoms with Gasteiger partial charge in [0.1, 0.15) is 6.04 Å². The molecule has 2 aromatic rings. The molecule has 0 saturated carbocycles. The van der Waals surface area contributed by atoms with Gasteiger partial charge in [-0.3, -0.25) is 9.79 Å². The minimum Gasteiger partial charge on any atom is -0.403 e. The normalized spacial score (nSPS) is 12.4. The average molecular weight is 426 g/mol. The number of benzene rings is 1. The summed E-state index contributed by atoms with van der Waals surface area (Å²) in [5.41, 5.74) is 7.85. The number of nitrogens with two attached hydrogens (primary N) is 1. The largest absolute Gasteiger partial charge is 0.403 e. The average Bonchev–Trinajstić information content (AvgIpc) is 2.78. The number of hydrogen-bond donors (Lipinski definition) is 3. The molecule has 0 spiro atoms. The Hall–Kier alpha value is -3.44. The predicted molar refractivity (Wildman–Crippen MR) is 119 cm³/mol. The number of carbonyl (C=O) groups is 1. The lowest BCUT2D eigenvalue weighted by molar-refractivity contribution is 0.0944. The molecule has 2 rings (SSSR count). The summed E-state index contributed by atoms with van der Waals surface area (Å²) in [6.07, 6.45) is 5.96. The highest BCUT2D eigenvalue weighted by Gasteiger charge is 2.13. The van der Waals surface area contributed by atoms with Crippen LogP contribution < -0.4 is 16.4 Å². The van der Waals surface area contributed by atoms with E-state index in [4.69, 9.17) is 22.6 Å². The summed E-state index contributed by atoms with van der Waals surface area (Å²) < 4.78 is 0. The summed E-state index contributed by atoms with van der Waals surface area (Å²) >= 11 is 6.28. The molecule has 9 heteroatoms. The standard InChI is InChI=1S/C21H24ClN7O/c1-3-9-25-12-17(11-24)28-21-26-13-18(22)19(29-21)14-5-7-15(8-6-14)20(30)27-16(4-2)10-23/h5-8,11-13,16H,3-4,9,24H2,1-2H3,(H,27,30)(H,26,28,29)/t16-/m0/s1. The number of aromatic nitrogens is 2. The van der Waals surface area contributed by atoms with E-state index in [-0.39, 0.29) is 5.91 Å². The molecule has 1 aromatic carbocycles. The van der Waals surface area contributed by atoms with E-state index < -0.39 is 6.04 Å². The second-order valence-electron chi connectivity index (χ2n) is 6.31. The molecule has 30 heavy (non-hydrogen) atoms. The summed E-state index contributed by atoms with van der Waals surface area (Å²) in [5, 5.41) is 15.0. The number of allylic oxidation sites excluding steroid dienone is 1. The van der Waals surface area contributed by atoms with Crippen molar-refractivity contribution < 1.29 is 4.79 Å². The van der Waals surface area contributed by atoms with Gasteiger partial charge in [0.05, 0.1) is 28.7 Å². The Balaban J connectivity index is 2.20. The molecule has 4 N–H and O–H groups in total. The molecule has 1 aromatic heterocycles. The smallest absolute Gasteiger partial charge is 0.252 e. The third-order valence-electron chi connectivity index (χ3n) is 4.05.